The second-order valence-corrected chi connectivity index (χ2v) is 7.97. The number of fused-ring (bicyclic) bond motifs is 6. The number of para-hydroxylation sites is 2. The fraction of sp³-hybridized carbons (Fsp3) is 0.148. The van der Waals surface area contributed by atoms with Gasteiger partial charge in [-0.15, -0.1) is 0 Å². The Morgan fingerprint density at radius 3 is 2.57 bits per heavy atom. The highest BCUT2D eigenvalue weighted by atomic mass is 16.5. The standard InChI is InChI=1S/C27H22N2O/c1-30-21-13-10-18(11-14-21)17-29-25-9-5-3-7-22(25)23-15-12-20-16-19-6-2-4-8-24(19)28-26(20)27(23)29/h2-11,13-14,16H,12,15,17H2,1H3. The van der Waals surface area contributed by atoms with E-state index in [4.69, 9.17) is 9.72 Å². The molecule has 30 heavy (non-hydrogen) atoms. The van der Waals surface area contributed by atoms with Crippen LogP contribution in [0.1, 0.15) is 16.7 Å². The Bertz CT molecular complexity index is 1400. The maximum Gasteiger partial charge on any atom is 0.118 e. The number of rotatable bonds is 3. The minimum Gasteiger partial charge on any atom is -0.497 e. The van der Waals surface area contributed by atoms with Gasteiger partial charge in [0.1, 0.15) is 5.75 Å². The highest BCUT2D eigenvalue weighted by Crippen LogP contribution is 2.40. The molecular weight excluding hydrogens is 368 g/mol. The van der Waals surface area contributed by atoms with Gasteiger partial charge in [0, 0.05) is 22.8 Å². The third-order valence-electron chi connectivity index (χ3n) is 6.25. The van der Waals surface area contributed by atoms with Gasteiger partial charge in [0.25, 0.3) is 0 Å². The molecular formula is C27H22N2O. The summed E-state index contributed by atoms with van der Waals surface area (Å²) in [6, 6.07) is 27.9. The summed E-state index contributed by atoms with van der Waals surface area (Å²) in [5, 5.41) is 2.57. The van der Waals surface area contributed by atoms with Gasteiger partial charge in [-0.2, -0.15) is 0 Å². The minimum atomic E-state index is 0.813. The van der Waals surface area contributed by atoms with Crippen LogP contribution in [0.5, 0.6) is 5.75 Å². The summed E-state index contributed by atoms with van der Waals surface area (Å²) >= 11 is 0. The Kier molecular flexibility index (Phi) is 3.88. The molecule has 3 aromatic carbocycles. The van der Waals surface area contributed by atoms with Crippen LogP contribution in [0.3, 0.4) is 0 Å². The molecule has 146 valence electrons. The minimum absolute atomic E-state index is 0.813. The summed E-state index contributed by atoms with van der Waals surface area (Å²) in [5.41, 5.74) is 8.78. The molecule has 2 heterocycles. The fourth-order valence-electron chi connectivity index (χ4n) is 4.79. The van der Waals surface area contributed by atoms with Gasteiger partial charge in [0.15, 0.2) is 0 Å². The highest BCUT2D eigenvalue weighted by Gasteiger charge is 2.26. The molecule has 1 aliphatic rings. The quantitative estimate of drug-likeness (QED) is 0.377. The molecule has 0 aliphatic heterocycles. The number of aromatic nitrogens is 2. The smallest absolute Gasteiger partial charge is 0.118 e. The van der Waals surface area contributed by atoms with Gasteiger partial charge in [0.05, 0.1) is 24.0 Å². The zero-order valence-corrected chi connectivity index (χ0v) is 16.9. The predicted molar refractivity (Wildman–Crippen MR) is 122 cm³/mol. The number of hydrogen-bond donors (Lipinski definition) is 0. The summed E-state index contributed by atoms with van der Waals surface area (Å²) in [4.78, 5) is 5.14. The Hall–Kier alpha value is -3.59. The second-order valence-electron chi connectivity index (χ2n) is 7.97. The summed E-state index contributed by atoms with van der Waals surface area (Å²) in [6.45, 7) is 0.813. The molecule has 0 radical (unpaired) electrons. The van der Waals surface area contributed by atoms with Crippen LogP contribution in [-0.4, -0.2) is 16.7 Å². The molecule has 3 nitrogen and oxygen atoms in total. The van der Waals surface area contributed by atoms with E-state index in [1.807, 2.05) is 12.1 Å². The van der Waals surface area contributed by atoms with Crippen molar-refractivity contribution in [2.45, 2.75) is 19.4 Å². The third kappa shape index (κ3) is 2.62. The molecule has 0 atom stereocenters. The lowest BCUT2D eigenvalue weighted by atomic mass is 9.91. The summed E-state index contributed by atoms with van der Waals surface area (Å²) in [6.07, 6.45) is 2.09. The monoisotopic (exact) mass is 390 g/mol. The van der Waals surface area contributed by atoms with Gasteiger partial charge in [-0.05, 0) is 59.9 Å². The summed E-state index contributed by atoms with van der Waals surface area (Å²) in [5.74, 6) is 0.886. The van der Waals surface area contributed by atoms with E-state index in [-0.39, 0.29) is 0 Å². The molecule has 0 bridgehead atoms. The van der Waals surface area contributed by atoms with Gasteiger partial charge in [-0.25, -0.2) is 4.98 Å². The lowest BCUT2D eigenvalue weighted by molar-refractivity contribution is 0.414. The zero-order chi connectivity index (χ0) is 20.1. The number of ether oxygens (including phenoxy) is 1. The van der Waals surface area contributed by atoms with Crippen LogP contribution in [0, 0.1) is 0 Å². The van der Waals surface area contributed by atoms with Crippen molar-refractivity contribution in [3.05, 3.63) is 95.6 Å². The largest absolute Gasteiger partial charge is 0.497 e. The number of nitrogens with zero attached hydrogens (tertiary/aromatic N) is 2. The molecule has 0 unspecified atom stereocenters. The normalized spacial score (nSPS) is 12.7. The summed E-state index contributed by atoms with van der Waals surface area (Å²) in [7, 11) is 1.71. The van der Waals surface area contributed by atoms with E-state index < -0.39 is 0 Å². The molecule has 0 N–H and O–H groups in total. The summed E-state index contributed by atoms with van der Waals surface area (Å²) < 4.78 is 7.79. The van der Waals surface area contributed by atoms with E-state index >= 15 is 0 Å². The number of aryl methyl sites for hydroxylation is 2. The maximum absolute atomic E-state index is 5.34. The van der Waals surface area contributed by atoms with E-state index in [1.165, 1.54) is 38.7 Å². The number of methoxy groups -OCH3 is 1. The molecule has 0 saturated carbocycles. The van der Waals surface area contributed by atoms with Crippen LogP contribution in [0.15, 0.2) is 78.9 Å². The van der Waals surface area contributed by atoms with Crippen molar-refractivity contribution < 1.29 is 4.74 Å². The Balaban J connectivity index is 1.59. The van der Waals surface area contributed by atoms with E-state index in [2.05, 4.69) is 71.3 Å². The van der Waals surface area contributed by atoms with Crippen molar-refractivity contribution >= 4 is 21.8 Å². The van der Waals surface area contributed by atoms with E-state index in [0.717, 1.165) is 36.3 Å². The lowest BCUT2D eigenvalue weighted by Gasteiger charge is -2.20. The van der Waals surface area contributed by atoms with Crippen LogP contribution in [-0.2, 0) is 19.4 Å². The SMILES string of the molecule is COc1ccc(Cn2c3c(c4ccccc42)CCc2cc4ccccc4nc2-3)cc1. The topological polar surface area (TPSA) is 27.1 Å². The van der Waals surface area contributed by atoms with Crippen LogP contribution in [0.2, 0.25) is 0 Å². The van der Waals surface area contributed by atoms with Gasteiger partial charge in [-0.3, -0.25) is 0 Å². The first-order chi connectivity index (χ1) is 14.8. The van der Waals surface area contributed by atoms with Crippen molar-refractivity contribution in [2.24, 2.45) is 0 Å². The Labute approximate surface area is 175 Å². The first kappa shape index (κ1) is 17.3. The number of benzene rings is 3. The number of hydrogen-bond acceptors (Lipinski definition) is 2. The number of pyridine rings is 1. The highest BCUT2D eigenvalue weighted by molar-refractivity contribution is 5.94. The zero-order valence-electron chi connectivity index (χ0n) is 16.9. The molecule has 3 heteroatoms. The lowest BCUT2D eigenvalue weighted by Crippen LogP contribution is -2.10. The van der Waals surface area contributed by atoms with Gasteiger partial charge >= 0.3 is 0 Å². The maximum atomic E-state index is 5.34. The second kappa shape index (κ2) is 6.74. The van der Waals surface area contributed by atoms with Crippen molar-refractivity contribution in [3.8, 4) is 17.1 Å². The molecule has 6 rings (SSSR count). The third-order valence-corrected chi connectivity index (χ3v) is 6.25. The molecule has 1 aliphatic carbocycles. The first-order valence-electron chi connectivity index (χ1n) is 10.4. The first-order valence-corrected chi connectivity index (χ1v) is 10.4. The van der Waals surface area contributed by atoms with Crippen LogP contribution >= 0.6 is 0 Å². The molecule has 5 aromatic rings. The average Bonchev–Trinajstić information content (AvgIpc) is 3.12. The van der Waals surface area contributed by atoms with Crippen LogP contribution in [0.4, 0.5) is 0 Å². The molecule has 0 fully saturated rings. The fourth-order valence-corrected chi connectivity index (χ4v) is 4.79. The van der Waals surface area contributed by atoms with Crippen molar-refractivity contribution in [2.75, 3.05) is 7.11 Å². The average molecular weight is 390 g/mol. The van der Waals surface area contributed by atoms with E-state index in [1.54, 1.807) is 7.11 Å². The predicted octanol–water partition coefficient (Wildman–Crippen LogP) is 6.01. The van der Waals surface area contributed by atoms with E-state index in [0.29, 0.717) is 0 Å². The van der Waals surface area contributed by atoms with Crippen LogP contribution < -0.4 is 4.74 Å². The van der Waals surface area contributed by atoms with Gasteiger partial charge in [0.2, 0.25) is 0 Å². The Morgan fingerprint density at radius 2 is 1.70 bits per heavy atom. The molecule has 0 amide bonds. The van der Waals surface area contributed by atoms with Gasteiger partial charge < -0.3 is 9.30 Å². The van der Waals surface area contributed by atoms with Crippen molar-refractivity contribution in [3.63, 3.8) is 0 Å². The molecule has 2 aromatic heterocycles. The molecule has 0 saturated heterocycles. The van der Waals surface area contributed by atoms with E-state index in [9.17, 15) is 0 Å². The van der Waals surface area contributed by atoms with Crippen molar-refractivity contribution in [1.29, 1.82) is 0 Å². The van der Waals surface area contributed by atoms with Gasteiger partial charge in [-0.1, -0.05) is 48.5 Å². The van der Waals surface area contributed by atoms with Crippen LogP contribution in [0.25, 0.3) is 33.2 Å². The Morgan fingerprint density at radius 1 is 0.900 bits per heavy atom. The molecule has 0 spiro atoms. The van der Waals surface area contributed by atoms with Crippen molar-refractivity contribution in [1.82, 2.24) is 9.55 Å².